The molecule has 2 heteroatoms. The van der Waals surface area contributed by atoms with Gasteiger partial charge in [0, 0.05) is 0 Å². The number of aromatic hydroxyl groups is 1. The third kappa shape index (κ3) is 1.12. The van der Waals surface area contributed by atoms with Crippen molar-refractivity contribution in [3.05, 3.63) is 36.4 Å². The summed E-state index contributed by atoms with van der Waals surface area (Å²) in [5.41, 5.74) is 0. The molecular weight excluding hydrogens is 143 g/mol. The van der Waals surface area contributed by atoms with Gasteiger partial charge in [-0.2, -0.15) is 0 Å². The van der Waals surface area contributed by atoms with Crippen LogP contribution in [-0.2, 0) is 0 Å². The molecule has 12 heavy (non-hydrogen) atoms. The van der Waals surface area contributed by atoms with Crippen LogP contribution in [0.25, 0.3) is 10.8 Å². The number of phenols is 1. The Balaban J connectivity index is 2.96. The van der Waals surface area contributed by atoms with Crippen molar-refractivity contribution in [1.29, 1.82) is 0 Å². The molecule has 0 aliphatic rings. The van der Waals surface area contributed by atoms with Crippen molar-refractivity contribution < 1.29 is 5.11 Å². The molecule has 0 amide bonds. The zero-order valence-corrected chi connectivity index (χ0v) is 6.91. The minimum atomic E-state index is 0.366. The Morgan fingerprint density at radius 3 is 2.33 bits per heavy atom. The Kier molecular flexibility index (Phi) is 1.84. The first kappa shape index (κ1) is 7.73. The number of rotatable bonds is 0. The van der Waals surface area contributed by atoms with Crippen LogP contribution in [0.2, 0.25) is 0 Å². The molecule has 1 nitrogen and oxygen atoms in total. The van der Waals surface area contributed by atoms with Crippen LogP contribution >= 0.6 is 0 Å². The first-order valence-corrected chi connectivity index (χ1v) is 3.96. The molecule has 1 N–H and O–H groups in total. The van der Waals surface area contributed by atoms with Crippen molar-refractivity contribution in [1.82, 2.24) is 0 Å². The van der Waals surface area contributed by atoms with E-state index in [2.05, 4.69) is 0 Å². The second kappa shape index (κ2) is 2.86. The Hall–Kier alpha value is -0.903. The quantitative estimate of drug-likeness (QED) is 0.562. The van der Waals surface area contributed by atoms with Gasteiger partial charge in [0.2, 0.25) is 0 Å². The number of hydrogen-bond acceptors (Lipinski definition) is 1. The molecule has 0 aromatic heterocycles. The fourth-order valence-corrected chi connectivity index (χ4v) is 1.51. The van der Waals surface area contributed by atoms with Crippen molar-refractivity contribution in [3.63, 3.8) is 0 Å². The molecule has 0 heterocycles. The van der Waals surface area contributed by atoms with E-state index in [4.69, 9.17) is 0 Å². The minimum absolute atomic E-state index is 0.366. The van der Waals surface area contributed by atoms with Gasteiger partial charge in [-0.15, -0.1) is 0 Å². The fourth-order valence-electron chi connectivity index (χ4n) is 1.51. The summed E-state index contributed by atoms with van der Waals surface area (Å²) in [6.45, 7) is 0. The van der Waals surface area contributed by atoms with Crippen molar-refractivity contribution >= 4 is 32.7 Å². The molecule has 0 atom stereocenters. The van der Waals surface area contributed by atoms with Gasteiger partial charge in [0.1, 0.15) is 0 Å². The van der Waals surface area contributed by atoms with Crippen LogP contribution in [0, 0.1) is 0 Å². The van der Waals surface area contributed by atoms with Gasteiger partial charge in [-0.25, -0.2) is 0 Å². The molecular formula is C10H7LiO. The zero-order valence-electron chi connectivity index (χ0n) is 6.91. The fraction of sp³-hybridized carbons (Fsp3) is 0. The standard InChI is InChI=1S/C10H7O.Li/c11-10-7-3-5-8-4-1-2-6-9(8)10;/h1-5,7,11H;. The van der Waals surface area contributed by atoms with Crippen molar-refractivity contribution in [2.45, 2.75) is 0 Å². The Morgan fingerprint density at radius 1 is 1.00 bits per heavy atom. The molecule has 2 aromatic carbocycles. The molecule has 0 aliphatic heterocycles. The van der Waals surface area contributed by atoms with Crippen LogP contribution < -0.4 is 4.24 Å². The van der Waals surface area contributed by atoms with E-state index in [1.165, 1.54) is 0 Å². The molecule has 0 aliphatic carbocycles. The van der Waals surface area contributed by atoms with Crippen LogP contribution in [0.1, 0.15) is 0 Å². The van der Waals surface area contributed by atoms with Crippen LogP contribution in [-0.4, -0.2) is 22.8 Å². The summed E-state index contributed by atoms with van der Waals surface area (Å²) >= 11 is 2.00. The number of phenolic OH excluding ortho intramolecular Hbond substituents is 1. The second-order valence-electron chi connectivity index (χ2n) is 2.95. The number of hydrogen-bond donors (Lipinski definition) is 1. The molecule has 0 unspecified atom stereocenters. The second-order valence-corrected chi connectivity index (χ2v) is 2.95. The van der Waals surface area contributed by atoms with Crippen molar-refractivity contribution in [2.24, 2.45) is 0 Å². The van der Waals surface area contributed by atoms with Gasteiger partial charge in [-0.05, 0) is 0 Å². The summed E-state index contributed by atoms with van der Waals surface area (Å²) in [5.74, 6) is 0.366. The maximum atomic E-state index is 9.55. The van der Waals surface area contributed by atoms with E-state index in [9.17, 15) is 5.11 Å². The first-order chi connectivity index (χ1) is 5.79. The van der Waals surface area contributed by atoms with E-state index < -0.39 is 0 Å². The van der Waals surface area contributed by atoms with Gasteiger partial charge in [-0.3, -0.25) is 0 Å². The van der Waals surface area contributed by atoms with Gasteiger partial charge in [0.25, 0.3) is 0 Å². The SMILES string of the molecule is [Li][c]1cccc2cccc(O)c12. The molecule has 54 valence electrons. The molecule has 2 aromatic rings. The van der Waals surface area contributed by atoms with Gasteiger partial charge >= 0.3 is 80.0 Å². The first-order valence-electron chi connectivity index (χ1n) is 3.96. The average molecular weight is 150 g/mol. The van der Waals surface area contributed by atoms with Crippen LogP contribution in [0.5, 0.6) is 5.75 Å². The van der Waals surface area contributed by atoms with E-state index in [-0.39, 0.29) is 0 Å². The molecule has 0 saturated heterocycles. The average Bonchev–Trinajstić information content (AvgIpc) is 2.04. The van der Waals surface area contributed by atoms with Gasteiger partial charge < -0.3 is 0 Å². The molecule has 0 saturated carbocycles. The summed E-state index contributed by atoms with van der Waals surface area (Å²) in [5, 5.41) is 11.6. The topological polar surface area (TPSA) is 20.2 Å². The molecule has 0 fully saturated rings. The van der Waals surface area contributed by atoms with E-state index >= 15 is 0 Å². The Labute approximate surface area is 80.2 Å². The maximum absolute atomic E-state index is 9.55. The third-order valence-corrected chi connectivity index (χ3v) is 2.09. The van der Waals surface area contributed by atoms with E-state index in [1.54, 1.807) is 6.07 Å². The van der Waals surface area contributed by atoms with Crippen LogP contribution in [0.3, 0.4) is 0 Å². The predicted molar refractivity (Wildman–Crippen MR) is 51.0 cm³/mol. The molecule has 0 spiro atoms. The van der Waals surface area contributed by atoms with Gasteiger partial charge in [-0.1, -0.05) is 0 Å². The monoisotopic (exact) mass is 150 g/mol. The Morgan fingerprint density at radius 2 is 1.67 bits per heavy atom. The normalized spacial score (nSPS) is 10.5. The van der Waals surface area contributed by atoms with Gasteiger partial charge in [0.05, 0.1) is 0 Å². The third-order valence-electron chi connectivity index (χ3n) is 2.09. The summed E-state index contributed by atoms with van der Waals surface area (Å²) in [7, 11) is 0. The summed E-state index contributed by atoms with van der Waals surface area (Å²) in [6, 6.07) is 11.6. The summed E-state index contributed by atoms with van der Waals surface area (Å²) in [4.78, 5) is 0. The Bertz CT molecular complexity index is 386. The summed E-state index contributed by atoms with van der Waals surface area (Å²) in [6.07, 6.45) is 0. The van der Waals surface area contributed by atoms with E-state index in [1.807, 2.05) is 48.0 Å². The van der Waals surface area contributed by atoms with Crippen molar-refractivity contribution in [2.75, 3.05) is 0 Å². The van der Waals surface area contributed by atoms with E-state index in [0.29, 0.717) is 5.75 Å². The molecule has 2 rings (SSSR count). The predicted octanol–water partition coefficient (Wildman–Crippen LogP) is 1.34. The van der Waals surface area contributed by atoms with Crippen LogP contribution in [0.15, 0.2) is 36.4 Å². The number of fused-ring (bicyclic) bond motifs is 1. The van der Waals surface area contributed by atoms with Gasteiger partial charge in [0.15, 0.2) is 0 Å². The molecule has 0 bridgehead atoms. The van der Waals surface area contributed by atoms with Crippen molar-refractivity contribution in [3.8, 4) is 5.75 Å². The van der Waals surface area contributed by atoms with Crippen LogP contribution in [0.4, 0.5) is 0 Å². The summed E-state index contributed by atoms with van der Waals surface area (Å²) < 4.78 is 1.12. The molecule has 0 radical (unpaired) electrons. The number of benzene rings is 2. The zero-order chi connectivity index (χ0) is 8.55. The van der Waals surface area contributed by atoms with E-state index in [0.717, 1.165) is 15.0 Å².